The Hall–Kier alpha value is -1.59. The lowest BCUT2D eigenvalue weighted by Gasteiger charge is -2.16. The maximum Gasteiger partial charge on any atom is 0.137 e. The van der Waals surface area contributed by atoms with Crippen LogP contribution in [0.15, 0.2) is 40.9 Å². The third-order valence-electron chi connectivity index (χ3n) is 2.78. The van der Waals surface area contributed by atoms with Crippen LogP contribution in [0.3, 0.4) is 0 Å². The number of ether oxygens (including phenoxy) is 2. The molecule has 0 radical (unpaired) electrons. The van der Waals surface area contributed by atoms with Crippen LogP contribution in [0.4, 0.5) is 4.39 Å². The SMILES string of the molecule is COc1cccc(Oc2ccc(F)c(Br)c2)c1C(C)O. The van der Waals surface area contributed by atoms with Crippen molar-refractivity contribution in [2.75, 3.05) is 7.11 Å². The van der Waals surface area contributed by atoms with E-state index in [0.717, 1.165) is 0 Å². The van der Waals surface area contributed by atoms with E-state index in [2.05, 4.69) is 15.9 Å². The number of aliphatic hydroxyl groups is 1. The van der Waals surface area contributed by atoms with Gasteiger partial charge in [0, 0.05) is 0 Å². The van der Waals surface area contributed by atoms with Gasteiger partial charge in [-0.25, -0.2) is 4.39 Å². The first-order valence-corrected chi connectivity index (χ1v) is 6.80. The lowest BCUT2D eigenvalue weighted by Crippen LogP contribution is -2.00. The van der Waals surface area contributed by atoms with Crippen molar-refractivity contribution in [3.63, 3.8) is 0 Å². The highest BCUT2D eigenvalue weighted by Gasteiger charge is 2.16. The highest BCUT2D eigenvalue weighted by molar-refractivity contribution is 9.10. The largest absolute Gasteiger partial charge is 0.496 e. The molecule has 106 valence electrons. The molecule has 2 rings (SSSR count). The fourth-order valence-electron chi connectivity index (χ4n) is 1.87. The zero-order valence-electron chi connectivity index (χ0n) is 11.1. The predicted molar refractivity (Wildman–Crippen MR) is 77.8 cm³/mol. The molecular formula is C15H14BrFO3. The Kier molecular flexibility index (Phi) is 4.62. The summed E-state index contributed by atoms with van der Waals surface area (Å²) in [6.07, 6.45) is -0.745. The van der Waals surface area contributed by atoms with Gasteiger partial charge in [-0.1, -0.05) is 6.07 Å². The van der Waals surface area contributed by atoms with Crippen LogP contribution in [0.2, 0.25) is 0 Å². The topological polar surface area (TPSA) is 38.7 Å². The molecule has 2 aromatic carbocycles. The van der Waals surface area contributed by atoms with E-state index in [9.17, 15) is 9.50 Å². The van der Waals surface area contributed by atoms with Gasteiger partial charge in [-0.15, -0.1) is 0 Å². The third-order valence-corrected chi connectivity index (χ3v) is 3.39. The Morgan fingerprint density at radius 2 is 1.90 bits per heavy atom. The van der Waals surface area contributed by atoms with Gasteiger partial charge in [0.15, 0.2) is 0 Å². The van der Waals surface area contributed by atoms with Gasteiger partial charge < -0.3 is 14.6 Å². The van der Waals surface area contributed by atoms with Crippen LogP contribution >= 0.6 is 15.9 Å². The van der Waals surface area contributed by atoms with Gasteiger partial charge in [-0.3, -0.25) is 0 Å². The van der Waals surface area contributed by atoms with Crippen molar-refractivity contribution in [1.29, 1.82) is 0 Å². The van der Waals surface area contributed by atoms with Crippen LogP contribution in [0.1, 0.15) is 18.6 Å². The van der Waals surface area contributed by atoms with Crippen molar-refractivity contribution < 1.29 is 19.0 Å². The van der Waals surface area contributed by atoms with E-state index in [1.54, 1.807) is 25.1 Å². The van der Waals surface area contributed by atoms with Crippen molar-refractivity contribution >= 4 is 15.9 Å². The zero-order valence-corrected chi connectivity index (χ0v) is 12.6. The number of rotatable bonds is 4. The zero-order chi connectivity index (χ0) is 14.7. The maximum absolute atomic E-state index is 13.2. The fourth-order valence-corrected chi connectivity index (χ4v) is 2.23. The maximum atomic E-state index is 13.2. The summed E-state index contributed by atoms with van der Waals surface area (Å²) in [6.45, 7) is 1.63. The number of benzene rings is 2. The second-order valence-electron chi connectivity index (χ2n) is 4.23. The first-order valence-electron chi connectivity index (χ1n) is 6.00. The highest BCUT2D eigenvalue weighted by Crippen LogP contribution is 2.37. The molecule has 1 N–H and O–H groups in total. The van der Waals surface area contributed by atoms with E-state index in [4.69, 9.17) is 9.47 Å². The van der Waals surface area contributed by atoms with Crippen molar-refractivity contribution in [3.05, 3.63) is 52.3 Å². The van der Waals surface area contributed by atoms with Crippen LogP contribution < -0.4 is 9.47 Å². The molecule has 1 atom stereocenters. The summed E-state index contributed by atoms with van der Waals surface area (Å²) in [5.74, 6) is 1.11. The molecule has 0 spiro atoms. The van der Waals surface area contributed by atoms with E-state index in [1.807, 2.05) is 0 Å². The number of aliphatic hydroxyl groups excluding tert-OH is 1. The van der Waals surface area contributed by atoms with Gasteiger partial charge in [0.05, 0.1) is 23.2 Å². The quantitative estimate of drug-likeness (QED) is 0.893. The lowest BCUT2D eigenvalue weighted by molar-refractivity contribution is 0.190. The van der Waals surface area contributed by atoms with E-state index in [-0.39, 0.29) is 5.82 Å². The van der Waals surface area contributed by atoms with Crippen LogP contribution in [0.25, 0.3) is 0 Å². The molecule has 0 amide bonds. The number of hydrogen-bond acceptors (Lipinski definition) is 3. The van der Waals surface area contributed by atoms with E-state index < -0.39 is 6.10 Å². The van der Waals surface area contributed by atoms with E-state index in [1.165, 1.54) is 25.3 Å². The minimum atomic E-state index is -0.745. The normalized spacial score (nSPS) is 12.1. The Labute approximate surface area is 125 Å². The average Bonchev–Trinajstić information content (AvgIpc) is 2.42. The Balaban J connectivity index is 2.40. The molecule has 20 heavy (non-hydrogen) atoms. The average molecular weight is 341 g/mol. The Morgan fingerprint density at radius 1 is 1.20 bits per heavy atom. The van der Waals surface area contributed by atoms with Crippen molar-refractivity contribution in [2.45, 2.75) is 13.0 Å². The summed E-state index contributed by atoms with van der Waals surface area (Å²) >= 11 is 3.11. The third kappa shape index (κ3) is 3.11. The fraction of sp³-hybridized carbons (Fsp3) is 0.200. The summed E-state index contributed by atoms with van der Waals surface area (Å²) in [5, 5.41) is 9.86. The molecule has 1 unspecified atom stereocenters. The van der Waals surface area contributed by atoms with Crippen molar-refractivity contribution in [3.8, 4) is 17.2 Å². The molecule has 5 heteroatoms. The van der Waals surface area contributed by atoms with Gasteiger partial charge in [0.1, 0.15) is 23.1 Å². The summed E-state index contributed by atoms with van der Waals surface area (Å²) < 4.78 is 24.4. The van der Waals surface area contributed by atoms with Crippen LogP contribution in [0, 0.1) is 5.82 Å². The highest BCUT2D eigenvalue weighted by atomic mass is 79.9. The minimum Gasteiger partial charge on any atom is -0.496 e. The molecule has 0 aliphatic rings. The molecule has 0 aromatic heterocycles. The van der Waals surface area contributed by atoms with Gasteiger partial charge in [-0.2, -0.15) is 0 Å². The number of methoxy groups -OCH3 is 1. The minimum absolute atomic E-state index is 0.316. The predicted octanol–water partition coefficient (Wildman–Crippen LogP) is 4.44. The molecule has 0 bridgehead atoms. The van der Waals surface area contributed by atoms with Crippen LogP contribution in [-0.2, 0) is 0 Å². The molecule has 3 nitrogen and oxygen atoms in total. The van der Waals surface area contributed by atoms with Crippen LogP contribution in [0.5, 0.6) is 17.2 Å². The second kappa shape index (κ2) is 6.24. The first kappa shape index (κ1) is 14.8. The van der Waals surface area contributed by atoms with Gasteiger partial charge in [0.25, 0.3) is 0 Å². The molecule has 0 aliphatic carbocycles. The second-order valence-corrected chi connectivity index (χ2v) is 5.08. The number of halogens is 2. The van der Waals surface area contributed by atoms with Gasteiger partial charge in [-0.05, 0) is 53.2 Å². The molecule has 0 heterocycles. The monoisotopic (exact) mass is 340 g/mol. The molecular weight excluding hydrogens is 327 g/mol. The molecule has 0 aliphatic heterocycles. The molecule has 2 aromatic rings. The van der Waals surface area contributed by atoms with E-state index >= 15 is 0 Å². The van der Waals surface area contributed by atoms with Crippen molar-refractivity contribution in [2.24, 2.45) is 0 Å². The van der Waals surface area contributed by atoms with Gasteiger partial charge >= 0.3 is 0 Å². The first-order chi connectivity index (χ1) is 9.52. The summed E-state index contributed by atoms with van der Waals surface area (Å²) in [6, 6.07) is 9.59. The summed E-state index contributed by atoms with van der Waals surface area (Å²) in [5.41, 5.74) is 0.551. The van der Waals surface area contributed by atoms with Crippen molar-refractivity contribution in [1.82, 2.24) is 0 Å². The lowest BCUT2D eigenvalue weighted by atomic mass is 10.1. The summed E-state index contributed by atoms with van der Waals surface area (Å²) in [7, 11) is 1.53. The Morgan fingerprint density at radius 3 is 2.50 bits per heavy atom. The Bertz CT molecular complexity index is 614. The smallest absolute Gasteiger partial charge is 0.137 e. The standard InChI is InChI=1S/C15H14BrFO3/c1-9(18)15-13(19-2)4-3-5-14(15)20-10-6-7-12(17)11(16)8-10/h3-9,18H,1-2H3. The summed E-state index contributed by atoms with van der Waals surface area (Å²) in [4.78, 5) is 0. The molecule has 0 fully saturated rings. The van der Waals surface area contributed by atoms with Crippen LogP contribution in [-0.4, -0.2) is 12.2 Å². The van der Waals surface area contributed by atoms with Gasteiger partial charge in [0.2, 0.25) is 0 Å². The molecule has 0 saturated heterocycles. The molecule has 0 saturated carbocycles. The number of hydrogen-bond donors (Lipinski definition) is 1. The van der Waals surface area contributed by atoms with E-state index in [0.29, 0.717) is 27.3 Å².